The summed E-state index contributed by atoms with van der Waals surface area (Å²) in [5, 5.41) is 11.1. The number of rotatable bonds is 6. The quantitative estimate of drug-likeness (QED) is 0.166. The highest BCUT2D eigenvalue weighted by molar-refractivity contribution is 7.07. The van der Waals surface area contributed by atoms with Gasteiger partial charge in [-0.1, -0.05) is 46.7 Å². The number of benzene rings is 2. The molecular weight excluding hydrogens is 584 g/mol. The van der Waals surface area contributed by atoms with Crippen molar-refractivity contribution in [2.75, 3.05) is 6.61 Å². The van der Waals surface area contributed by atoms with Crippen LogP contribution in [-0.2, 0) is 9.53 Å². The van der Waals surface area contributed by atoms with Crippen molar-refractivity contribution in [2.24, 2.45) is 4.99 Å². The molecule has 0 spiro atoms. The molecule has 40 heavy (non-hydrogen) atoms. The van der Waals surface area contributed by atoms with Crippen molar-refractivity contribution < 1.29 is 23.3 Å². The van der Waals surface area contributed by atoms with Crippen LogP contribution >= 0.6 is 34.5 Å². The number of esters is 1. The summed E-state index contributed by atoms with van der Waals surface area (Å²) in [6.07, 6.45) is 1.51. The Labute approximate surface area is 239 Å². The third-order valence-electron chi connectivity index (χ3n) is 6.10. The van der Waals surface area contributed by atoms with E-state index in [1.165, 1.54) is 41.0 Å². The summed E-state index contributed by atoms with van der Waals surface area (Å²) in [6, 6.07) is 10.3. The Morgan fingerprint density at radius 1 is 1.23 bits per heavy atom. The molecule has 3 heterocycles. The van der Waals surface area contributed by atoms with Crippen LogP contribution < -0.4 is 14.9 Å². The summed E-state index contributed by atoms with van der Waals surface area (Å²) in [6.45, 7) is 3.45. The van der Waals surface area contributed by atoms with Crippen molar-refractivity contribution in [3.05, 3.63) is 117 Å². The van der Waals surface area contributed by atoms with E-state index in [-0.39, 0.29) is 38.2 Å². The smallest absolute Gasteiger partial charge is 0.338 e. The summed E-state index contributed by atoms with van der Waals surface area (Å²) < 4.78 is 26.5. The zero-order valence-corrected chi connectivity index (χ0v) is 23.1. The van der Waals surface area contributed by atoms with Crippen molar-refractivity contribution in [3.63, 3.8) is 0 Å². The summed E-state index contributed by atoms with van der Waals surface area (Å²) >= 11 is 13.4. The number of hydrogen-bond donors (Lipinski definition) is 0. The highest BCUT2D eigenvalue weighted by Gasteiger charge is 2.33. The second-order valence-corrected chi connectivity index (χ2v) is 10.4. The van der Waals surface area contributed by atoms with E-state index in [2.05, 4.69) is 4.99 Å². The number of aromatic nitrogens is 1. The molecule has 0 fully saturated rings. The van der Waals surface area contributed by atoms with Crippen LogP contribution in [-0.4, -0.2) is 22.1 Å². The van der Waals surface area contributed by atoms with Crippen LogP contribution in [0.25, 0.3) is 17.4 Å². The van der Waals surface area contributed by atoms with Gasteiger partial charge in [0.05, 0.1) is 38.4 Å². The first-order chi connectivity index (χ1) is 19.1. The SMILES string of the molecule is CCOC(=O)C1=C(C)N=c2s/c(=C\c3ccc(-c4cc(Cl)c([N+](=O)[O-])cc4Cl)o3)c(=O)n2C1c1ccc(F)cc1. The summed E-state index contributed by atoms with van der Waals surface area (Å²) in [5.74, 6) is -0.504. The van der Waals surface area contributed by atoms with E-state index in [4.69, 9.17) is 32.4 Å². The van der Waals surface area contributed by atoms with Crippen molar-refractivity contribution in [2.45, 2.75) is 19.9 Å². The highest BCUT2D eigenvalue weighted by atomic mass is 35.5. The number of nitro benzene ring substituents is 1. The number of nitrogens with zero attached hydrogens (tertiary/aromatic N) is 3. The fourth-order valence-corrected chi connectivity index (χ4v) is 5.83. The lowest BCUT2D eigenvalue weighted by Crippen LogP contribution is -2.39. The van der Waals surface area contributed by atoms with E-state index in [9.17, 15) is 24.1 Å². The first-order valence-corrected chi connectivity index (χ1v) is 13.3. The molecule has 0 bridgehead atoms. The summed E-state index contributed by atoms with van der Waals surface area (Å²) in [7, 11) is 0. The van der Waals surface area contributed by atoms with Gasteiger partial charge in [-0.3, -0.25) is 19.5 Å². The van der Waals surface area contributed by atoms with Gasteiger partial charge in [0.15, 0.2) is 4.80 Å². The number of ether oxygens (including phenoxy) is 1. The molecule has 13 heteroatoms. The van der Waals surface area contributed by atoms with Crippen LogP contribution in [0.5, 0.6) is 0 Å². The van der Waals surface area contributed by atoms with Crippen LogP contribution in [0.3, 0.4) is 0 Å². The lowest BCUT2D eigenvalue weighted by Gasteiger charge is -2.24. The Kier molecular flexibility index (Phi) is 7.45. The first-order valence-electron chi connectivity index (χ1n) is 11.8. The number of furan rings is 1. The van der Waals surface area contributed by atoms with Crippen LogP contribution in [0.15, 0.2) is 74.0 Å². The van der Waals surface area contributed by atoms with Gasteiger partial charge in [0.1, 0.15) is 22.4 Å². The number of thiazole rings is 1. The molecule has 0 saturated carbocycles. The molecule has 2 aromatic heterocycles. The number of nitro groups is 1. The minimum Gasteiger partial charge on any atom is -0.463 e. The first kappa shape index (κ1) is 27.5. The Bertz CT molecular complexity index is 1890. The number of allylic oxidation sites excluding steroid dienone is 1. The topological polar surface area (TPSA) is 117 Å². The van der Waals surface area contributed by atoms with E-state index < -0.39 is 28.3 Å². The van der Waals surface area contributed by atoms with Gasteiger partial charge < -0.3 is 9.15 Å². The van der Waals surface area contributed by atoms with E-state index in [0.717, 1.165) is 17.4 Å². The van der Waals surface area contributed by atoms with Gasteiger partial charge in [-0.2, -0.15) is 0 Å². The molecule has 0 aliphatic carbocycles. The number of fused-ring (bicyclic) bond motifs is 1. The predicted octanol–water partition coefficient (Wildman–Crippen LogP) is 5.41. The molecule has 2 aromatic carbocycles. The van der Waals surface area contributed by atoms with E-state index in [0.29, 0.717) is 27.4 Å². The maximum Gasteiger partial charge on any atom is 0.338 e. The normalized spacial score (nSPS) is 15.1. The maximum atomic E-state index is 13.7. The van der Waals surface area contributed by atoms with E-state index in [1.807, 2.05) is 0 Å². The number of halogens is 3. The van der Waals surface area contributed by atoms with Gasteiger partial charge in [0.25, 0.3) is 11.2 Å². The summed E-state index contributed by atoms with van der Waals surface area (Å²) in [4.78, 5) is 41.9. The molecule has 1 unspecified atom stereocenters. The third-order valence-corrected chi connectivity index (χ3v) is 7.70. The van der Waals surface area contributed by atoms with Crippen molar-refractivity contribution in [1.82, 2.24) is 4.57 Å². The molecule has 0 radical (unpaired) electrons. The molecule has 204 valence electrons. The van der Waals surface area contributed by atoms with Gasteiger partial charge in [-0.25, -0.2) is 14.2 Å². The van der Waals surface area contributed by atoms with Crippen molar-refractivity contribution in [3.8, 4) is 11.3 Å². The minimum absolute atomic E-state index is 0.0673. The standard InChI is InChI=1S/C27H18Cl2FN3O6S/c1-3-38-26(35)23-13(2)31-27-32(24(23)14-4-6-15(30)7-5-14)25(34)22(40-27)10-16-8-9-21(39-16)17-11-19(29)20(33(36)37)12-18(17)28/h4-12,24H,3H2,1-2H3/b22-10-. The molecular formula is C27H18Cl2FN3O6S. The van der Waals surface area contributed by atoms with Crippen LogP contribution in [0.2, 0.25) is 10.0 Å². The molecule has 1 aliphatic heterocycles. The lowest BCUT2D eigenvalue weighted by atomic mass is 9.96. The minimum atomic E-state index is -0.883. The average Bonchev–Trinajstić information content (AvgIpc) is 3.49. The van der Waals surface area contributed by atoms with Gasteiger partial charge in [0, 0.05) is 17.7 Å². The van der Waals surface area contributed by atoms with Gasteiger partial charge in [-0.15, -0.1) is 0 Å². The van der Waals surface area contributed by atoms with Crippen molar-refractivity contribution in [1.29, 1.82) is 0 Å². The van der Waals surface area contributed by atoms with Gasteiger partial charge in [-0.05, 0) is 49.7 Å². The van der Waals surface area contributed by atoms with Crippen molar-refractivity contribution >= 4 is 52.3 Å². The van der Waals surface area contributed by atoms with Crippen LogP contribution in [0, 0.1) is 15.9 Å². The Hall–Kier alpha value is -4.06. The van der Waals surface area contributed by atoms with Gasteiger partial charge >= 0.3 is 5.97 Å². The number of carbonyl (C=O) groups is 1. The fraction of sp³-hybridized carbons (Fsp3) is 0.148. The van der Waals surface area contributed by atoms with Crippen LogP contribution in [0.1, 0.15) is 31.2 Å². The van der Waals surface area contributed by atoms with Gasteiger partial charge in [0.2, 0.25) is 0 Å². The predicted molar refractivity (Wildman–Crippen MR) is 148 cm³/mol. The van der Waals surface area contributed by atoms with E-state index in [1.54, 1.807) is 26.0 Å². The molecule has 1 aliphatic rings. The molecule has 9 nitrogen and oxygen atoms in total. The largest absolute Gasteiger partial charge is 0.463 e. The molecule has 1 atom stereocenters. The van der Waals surface area contributed by atoms with Crippen LogP contribution in [0.4, 0.5) is 10.1 Å². The number of carbonyl (C=O) groups excluding carboxylic acids is 1. The zero-order valence-electron chi connectivity index (χ0n) is 20.8. The Balaban J connectivity index is 1.61. The molecule has 0 N–H and O–H groups in total. The number of hydrogen-bond acceptors (Lipinski definition) is 8. The second kappa shape index (κ2) is 10.8. The molecule has 4 aromatic rings. The lowest BCUT2D eigenvalue weighted by molar-refractivity contribution is -0.384. The molecule has 0 amide bonds. The monoisotopic (exact) mass is 601 g/mol. The Morgan fingerprint density at radius 3 is 2.62 bits per heavy atom. The highest BCUT2D eigenvalue weighted by Crippen LogP contribution is 2.37. The Morgan fingerprint density at radius 2 is 1.95 bits per heavy atom. The third kappa shape index (κ3) is 4.99. The average molecular weight is 602 g/mol. The summed E-state index contributed by atoms with van der Waals surface area (Å²) in [5.41, 5.74) is 0.627. The fourth-order valence-electron chi connectivity index (χ4n) is 4.32. The second-order valence-electron chi connectivity index (χ2n) is 8.60. The molecule has 0 saturated heterocycles. The zero-order chi connectivity index (χ0) is 28.7. The van der Waals surface area contributed by atoms with E-state index >= 15 is 0 Å². The molecule has 5 rings (SSSR count). The maximum absolute atomic E-state index is 13.7.